The number of ether oxygens (including phenoxy) is 1. The Balaban J connectivity index is 2.27. The van der Waals surface area contributed by atoms with E-state index in [1.54, 1.807) is 13.0 Å². The summed E-state index contributed by atoms with van der Waals surface area (Å²) in [6, 6.07) is 0. The van der Waals surface area contributed by atoms with Gasteiger partial charge in [0.25, 0.3) is 5.91 Å². The molecule has 7 heteroatoms. The first-order chi connectivity index (χ1) is 9.49. The van der Waals surface area contributed by atoms with Crippen molar-refractivity contribution < 1.29 is 29.6 Å². The second-order valence-corrected chi connectivity index (χ2v) is 4.77. The lowest BCUT2D eigenvalue weighted by atomic mass is 9.90. The van der Waals surface area contributed by atoms with Gasteiger partial charge in [0.15, 0.2) is 0 Å². The average molecular weight is 283 g/mol. The van der Waals surface area contributed by atoms with Crippen molar-refractivity contribution in [1.29, 1.82) is 0 Å². The van der Waals surface area contributed by atoms with E-state index in [-0.39, 0.29) is 5.57 Å². The molecule has 1 saturated heterocycles. The third-order valence-electron chi connectivity index (χ3n) is 3.44. The molecule has 2 rings (SSSR count). The molecule has 0 aromatic heterocycles. The van der Waals surface area contributed by atoms with Crippen LogP contribution in [0.2, 0.25) is 0 Å². The number of aliphatic hydroxyl groups is 3. The number of aliphatic hydroxyl groups excluding tert-OH is 3. The van der Waals surface area contributed by atoms with Crippen LogP contribution < -0.4 is 5.32 Å². The molecule has 5 atom stereocenters. The van der Waals surface area contributed by atoms with E-state index < -0.39 is 48.8 Å². The summed E-state index contributed by atoms with van der Waals surface area (Å²) in [7, 11) is 0. The van der Waals surface area contributed by atoms with Crippen molar-refractivity contribution in [1.82, 2.24) is 5.32 Å². The summed E-state index contributed by atoms with van der Waals surface area (Å²) in [6.07, 6.45) is 0.0652. The lowest BCUT2D eigenvalue weighted by Gasteiger charge is -2.25. The number of hydrogen-bond acceptors (Lipinski definition) is 6. The lowest BCUT2D eigenvalue weighted by molar-refractivity contribution is -0.136. The van der Waals surface area contributed by atoms with Gasteiger partial charge < -0.3 is 20.1 Å². The molecular weight excluding hydrogens is 266 g/mol. The van der Waals surface area contributed by atoms with Crippen molar-refractivity contribution >= 4 is 11.8 Å². The van der Waals surface area contributed by atoms with Crippen LogP contribution in [0.5, 0.6) is 0 Å². The second-order valence-electron chi connectivity index (χ2n) is 4.77. The van der Waals surface area contributed by atoms with Gasteiger partial charge in [0.2, 0.25) is 5.91 Å². The molecule has 110 valence electrons. The Morgan fingerprint density at radius 1 is 1.35 bits per heavy atom. The molecule has 2 unspecified atom stereocenters. The van der Waals surface area contributed by atoms with Crippen LogP contribution in [-0.4, -0.2) is 58.2 Å². The highest BCUT2D eigenvalue weighted by atomic mass is 16.6. The van der Waals surface area contributed by atoms with Gasteiger partial charge in [0, 0.05) is 5.57 Å². The SMILES string of the molecule is C/C=C/C1=CC([C@H]2O[C@H](CO)C(O)[C@@H]2O)C(=O)NC1=O. The molecule has 0 radical (unpaired) electrons. The largest absolute Gasteiger partial charge is 0.394 e. The van der Waals surface area contributed by atoms with Crippen LogP contribution in [0.1, 0.15) is 6.92 Å². The van der Waals surface area contributed by atoms with Crippen molar-refractivity contribution in [3.63, 3.8) is 0 Å². The zero-order valence-electron chi connectivity index (χ0n) is 10.9. The molecule has 20 heavy (non-hydrogen) atoms. The van der Waals surface area contributed by atoms with Crippen LogP contribution in [0, 0.1) is 5.92 Å². The molecule has 0 aromatic carbocycles. The first kappa shape index (κ1) is 14.9. The molecule has 0 aliphatic carbocycles. The highest BCUT2D eigenvalue weighted by molar-refractivity contribution is 6.10. The first-order valence-electron chi connectivity index (χ1n) is 6.31. The van der Waals surface area contributed by atoms with Crippen molar-refractivity contribution in [3.05, 3.63) is 23.8 Å². The Hall–Kier alpha value is -1.54. The third kappa shape index (κ3) is 2.53. The van der Waals surface area contributed by atoms with Gasteiger partial charge in [-0.25, -0.2) is 0 Å². The molecular formula is C13H17NO6. The van der Waals surface area contributed by atoms with Gasteiger partial charge in [0.1, 0.15) is 24.4 Å². The minimum atomic E-state index is -1.31. The number of imide groups is 1. The Kier molecular flexibility index (Phi) is 4.34. The molecule has 0 aromatic rings. The zero-order valence-corrected chi connectivity index (χ0v) is 10.9. The standard InChI is InChI=1S/C13H17NO6/c1-2-3-6-4-7(13(19)14-12(6)18)11-10(17)9(16)8(5-15)20-11/h2-4,7-11,15-17H,5H2,1H3,(H,14,18,19)/b3-2+/t7?,8-,9?,10+,11-/m1/s1. The minimum Gasteiger partial charge on any atom is -0.394 e. The van der Waals surface area contributed by atoms with Crippen molar-refractivity contribution in [2.24, 2.45) is 5.92 Å². The quantitative estimate of drug-likeness (QED) is 0.456. The number of hydrogen-bond donors (Lipinski definition) is 4. The predicted molar refractivity (Wildman–Crippen MR) is 67.3 cm³/mol. The maximum absolute atomic E-state index is 11.9. The fraction of sp³-hybridized carbons (Fsp3) is 0.538. The zero-order chi connectivity index (χ0) is 14.9. The fourth-order valence-corrected chi connectivity index (χ4v) is 2.39. The van der Waals surface area contributed by atoms with Gasteiger partial charge in [0.05, 0.1) is 12.5 Å². The minimum absolute atomic E-state index is 0.287. The van der Waals surface area contributed by atoms with Gasteiger partial charge in [-0.15, -0.1) is 0 Å². The van der Waals surface area contributed by atoms with E-state index in [0.717, 1.165) is 0 Å². The number of carbonyl (C=O) groups excluding carboxylic acids is 2. The molecule has 2 aliphatic rings. The number of allylic oxidation sites excluding steroid dienone is 1. The monoisotopic (exact) mass is 283 g/mol. The van der Waals surface area contributed by atoms with E-state index in [4.69, 9.17) is 9.84 Å². The average Bonchev–Trinajstić information content (AvgIpc) is 2.70. The highest BCUT2D eigenvalue weighted by Gasteiger charge is 2.48. The maximum atomic E-state index is 11.9. The maximum Gasteiger partial charge on any atom is 0.257 e. The normalized spacial score (nSPS) is 38.2. The molecule has 0 bridgehead atoms. The molecule has 2 heterocycles. The third-order valence-corrected chi connectivity index (χ3v) is 3.44. The molecule has 0 saturated carbocycles. The van der Waals surface area contributed by atoms with Crippen LogP contribution in [0.25, 0.3) is 0 Å². The van der Waals surface area contributed by atoms with Crippen molar-refractivity contribution in [2.75, 3.05) is 6.61 Å². The topological polar surface area (TPSA) is 116 Å². The number of carbonyl (C=O) groups is 2. The molecule has 2 amide bonds. The van der Waals surface area contributed by atoms with Crippen LogP contribution >= 0.6 is 0 Å². The van der Waals surface area contributed by atoms with Crippen LogP contribution in [-0.2, 0) is 14.3 Å². The van der Waals surface area contributed by atoms with E-state index >= 15 is 0 Å². The number of nitrogens with one attached hydrogen (secondary N) is 1. The number of amides is 2. The van der Waals surface area contributed by atoms with Crippen molar-refractivity contribution in [2.45, 2.75) is 31.3 Å². The van der Waals surface area contributed by atoms with E-state index in [0.29, 0.717) is 0 Å². The van der Waals surface area contributed by atoms with Gasteiger partial charge in [-0.05, 0) is 6.92 Å². The summed E-state index contributed by atoms with van der Waals surface area (Å²) < 4.78 is 5.32. The Bertz CT molecular complexity index is 471. The summed E-state index contributed by atoms with van der Waals surface area (Å²) in [4.78, 5) is 23.4. The molecule has 7 nitrogen and oxygen atoms in total. The fourth-order valence-electron chi connectivity index (χ4n) is 2.39. The molecule has 0 spiro atoms. The van der Waals surface area contributed by atoms with Crippen LogP contribution in [0.15, 0.2) is 23.8 Å². The van der Waals surface area contributed by atoms with E-state index in [1.807, 2.05) is 0 Å². The lowest BCUT2D eigenvalue weighted by Crippen LogP contribution is -2.47. The van der Waals surface area contributed by atoms with Crippen LogP contribution in [0.3, 0.4) is 0 Å². The van der Waals surface area contributed by atoms with E-state index in [2.05, 4.69) is 5.32 Å². The van der Waals surface area contributed by atoms with Crippen LogP contribution in [0.4, 0.5) is 0 Å². The molecule has 2 aliphatic heterocycles. The van der Waals surface area contributed by atoms with Gasteiger partial charge in [-0.2, -0.15) is 0 Å². The predicted octanol–water partition coefficient (Wildman–Crippen LogP) is -1.76. The summed E-state index contributed by atoms with van der Waals surface area (Å²) >= 11 is 0. The molecule has 4 N–H and O–H groups in total. The van der Waals surface area contributed by atoms with E-state index in [9.17, 15) is 19.8 Å². The first-order valence-corrected chi connectivity index (χ1v) is 6.31. The summed E-state index contributed by atoms with van der Waals surface area (Å²) in [5, 5.41) is 30.8. The summed E-state index contributed by atoms with van der Waals surface area (Å²) in [5.74, 6) is -2.02. The van der Waals surface area contributed by atoms with Gasteiger partial charge in [-0.1, -0.05) is 18.2 Å². The Labute approximate surface area is 115 Å². The van der Waals surface area contributed by atoms with Gasteiger partial charge >= 0.3 is 0 Å². The molecule has 1 fully saturated rings. The summed E-state index contributed by atoms with van der Waals surface area (Å²) in [6.45, 7) is 1.26. The smallest absolute Gasteiger partial charge is 0.257 e. The van der Waals surface area contributed by atoms with E-state index in [1.165, 1.54) is 12.2 Å². The Morgan fingerprint density at radius 2 is 2.05 bits per heavy atom. The number of rotatable bonds is 3. The summed E-state index contributed by atoms with van der Waals surface area (Å²) in [5.41, 5.74) is 0.287. The Morgan fingerprint density at radius 3 is 2.60 bits per heavy atom. The highest BCUT2D eigenvalue weighted by Crippen LogP contribution is 2.29. The van der Waals surface area contributed by atoms with Gasteiger partial charge in [-0.3, -0.25) is 14.9 Å². The van der Waals surface area contributed by atoms with Crippen molar-refractivity contribution in [3.8, 4) is 0 Å². The second kappa shape index (κ2) is 5.84.